The summed E-state index contributed by atoms with van der Waals surface area (Å²) in [5.41, 5.74) is 3.25. The molecule has 0 saturated carbocycles. The van der Waals surface area contributed by atoms with Crippen molar-refractivity contribution in [2.45, 2.75) is 25.8 Å². The van der Waals surface area contributed by atoms with Crippen LogP contribution in [0.4, 0.5) is 4.39 Å². The summed E-state index contributed by atoms with van der Waals surface area (Å²) in [6, 6.07) is 4.92. The number of hydrogen-bond donors (Lipinski definition) is 2. The van der Waals surface area contributed by atoms with Crippen LogP contribution in [0.3, 0.4) is 0 Å². The van der Waals surface area contributed by atoms with Crippen LogP contribution in [-0.2, 0) is 0 Å². The molecule has 0 saturated heterocycles. The van der Waals surface area contributed by atoms with Crippen molar-refractivity contribution in [1.29, 1.82) is 0 Å². The summed E-state index contributed by atoms with van der Waals surface area (Å²) in [6.07, 6.45) is 1.79. The zero-order chi connectivity index (χ0) is 10.6. The lowest BCUT2D eigenvalue weighted by atomic mass is 10.0. The van der Waals surface area contributed by atoms with Gasteiger partial charge in [-0.3, -0.25) is 11.3 Å². The molecule has 1 rings (SSSR count). The smallest absolute Gasteiger partial charge is 0.129 e. The molecule has 0 radical (unpaired) electrons. The Labute approximate surface area is 91.8 Å². The van der Waals surface area contributed by atoms with Crippen LogP contribution in [0.2, 0.25) is 0 Å². The molecule has 0 aliphatic carbocycles. The van der Waals surface area contributed by atoms with Gasteiger partial charge in [0.1, 0.15) is 5.82 Å². The molecule has 4 heteroatoms. The summed E-state index contributed by atoms with van der Waals surface area (Å²) >= 11 is 3.21. The van der Waals surface area contributed by atoms with Crippen molar-refractivity contribution in [2.24, 2.45) is 5.84 Å². The second-order valence-corrected chi connectivity index (χ2v) is 4.09. The van der Waals surface area contributed by atoms with Crippen LogP contribution in [0.25, 0.3) is 0 Å². The molecule has 0 bridgehead atoms. The fraction of sp³-hybridized carbons (Fsp3) is 0.400. The van der Waals surface area contributed by atoms with Crippen LogP contribution in [-0.4, -0.2) is 0 Å². The van der Waals surface area contributed by atoms with Crippen LogP contribution in [0, 0.1) is 5.82 Å². The number of hydrazine groups is 1. The second kappa shape index (κ2) is 5.44. The third-order valence-electron chi connectivity index (χ3n) is 2.12. The van der Waals surface area contributed by atoms with Gasteiger partial charge in [-0.25, -0.2) is 4.39 Å². The minimum Gasteiger partial charge on any atom is -0.271 e. The number of benzene rings is 1. The molecule has 3 N–H and O–H groups in total. The largest absolute Gasteiger partial charge is 0.271 e. The van der Waals surface area contributed by atoms with Crippen LogP contribution in [0.15, 0.2) is 22.7 Å². The molecule has 0 spiro atoms. The fourth-order valence-corrected chi connectivity index (χ4v) is 1.73. The van der Waals surface area contributed by atoms with E-state index in [4.69, 9.17) is 5.84 Å². The van der Waals surface area contributed by atoms with Gasteiger partial charge in [0.2, 0.25) is 0 Å². The van der Waals surface area contributed by atoms with Crippen molar-refractivity contribution in [1.82, 2.24) is 5.43 Å². The Morgan fingerprint density at radius 1 is 1.57 bits per heavy atom. The third kappa shape index (κ3) is 2.77. The van der Waals surface area contributed by atoms with Gasteiger partial charge in [-0.15, -0.1) is 0 Å². The summed E-state index contributed by atoms with van der Waals surface area (Å²) in [7, 11) is 0. The SMILES string of the molecule is CCCC(NN)c1ccc(Br)cc1F. The first-order valence-corrected chi connectivity index (χ1v) is 5.39. The summed E-state index contributed by atoms with van der Waals surface area (Å²) in [5.74, 6) is 5.14. The first-order chi connectivity index (χ1) is 6.69. The van der Waals surface area contributed by atoms with Gasteiger partial charge >= 0.3 is 0 Å². The molecule has 0 fully saturated rings. The number of nitrogens with one attached hydrogen (secondary N) is 1. The zero-order valence-corrected chi connectivity index (χ0v) is 9.64. The maximum atomic E-state index is 13.5. The normalized spacial score (nSPS) is 12.9. The van der Waals surface area contributed by atoms with Crippen molar-refractivity contribution in [3.63, 3.8) is 0 Å². The Morgan fingerprint density at radius 2 is 2.29 bits per heavy atom. The van der Waals surface area contributed by atoms with E-state index >= 15 is 0 Å². The Balaban J connectivity index is 2.92. The van der Waals surface area contributed by atoms with Crippen molar-refractivity contribution in [3.8, 4) is 0 Å². The van der Waals surface area contributed by atoms with Gasteiger partial charge in [-0.2, -0.15) is 0 Å². The molecule has 1 aromatic rings. The topological polar surface area (TPSA) is 38.0 Å². The van der Waals surface area contributed by atoms with Crippen LogP contribution in [0.1, 0.15) is 31.4 Å². The second-order valence-electron chi connectivity index (χ2n) is 3.17. The fourth-order valence-electron chi connectivity index (χ4n) is 1.40. The summed E-state index contributed by atoms with van der Waals surface area (Å²) in [4.78, 5) is 0. The first-order valence-electron chi connectivity index (χ1n) is 4.60. The average molecular weight is 261 g/mol. The summed E-state index contributed by atoms with van der Waals surface area (Å²) in [5, 5.41) is 0. The van der Waals surface area contributed by atoms with E-state index in [1.807, 2.05) is 13.0 Å². The maximum absolute atomic E-state index is 13.5. The van der Waals surface area contributed by atoms with Crippen molar-refractivity contribution in [3.05, 3.63) is 34.1 Å². The van der Waals surface area contributed by atoms with Gasteiger partial charge in [-0.1, -0.05) is 35.3 Å². The van der Waals surface area contributed by atoms with Crippen LogP contribution in [0.5, 0.6) is 0 Å². The molecular weight excluding hydrogens is 247 g/mol. The monoisotopic (exact) mass is 260 g/mol. The van der Waals surface area contributed by atoms with Gasteiger partial charge in [0.05, 0.1) is 0 Å². The molecular formula is C10H14BrFN2. The van der Waals surface area contributed by atoms with Crippen molar-refractivity contribution < 1.29 is 4.39 Å². The van der Waals surface area contributed by atoms with Crippen molar-refractivity contribution >= 4 is 15.9 Å². The molecule has 1 aromatic carbocycles. The molecule has 0 amide bonds. The highest BCUT2D eigenvalue weighted by atomic mass is 79.9. The first kappa shape index (κ1) is 11.6. The number of halogens is 2. The Kier molecular flexibility index (Phi) is 4.51. The lowest BCUT2D eigenvalue weighted by Gasteiger charge is -2.16. The Morgan fingerprint density at radius 3 is 2.79 bits per heavy atom. The molecule has 0 heterocycles. The molecule has 78 valence electrons. The van der Waals surface area contributed by atoms with Gasteiger partial charge in [0.15, 0.2) is 0 Å². The molecule has 14 heavy (non-hydrogen) atoms. The highest BCUT2D eigenvalue weighted by Gasteiger charge is 2.13. The highest BCUT2D eigenvalue weighted by Crippen LogP contribution is 2.23. The van der Waals surface area contributed by atoms with Gasteiger partial charge in [-0.05, 0) is 18.6 Å². The maximum Gasteiger partial charge on any atom is 0.129 e. The Bertz CT molecular complexity index is 304. The molecule has 0 aromatic heterocycles. The molecule has 1 unspecified atom stereocenters. The lowest BCUT2D eigenvalue weighted by Crippen LogP contribution is -2.28. The highest BCUT2D eigenvalue weighted by molar-refractivity contribution is 9.10. The number of rotatable bonds is 4. The zero-order valence-electron chi connectivity index (χ0n) is 8.06. The minimum atomic E-state index is -0.226. The summed E-state index contributed by atoms with van der Waals surface area (Å²) < 4.78 is 14.2. The average Bonchev–Trinajstić information content (AvgIpc) is 2.15. The quantitative estimate of drug-likeness (QED) is 0.646. The van der Waals surface area contributed by atoms with Crippen molar-refractivity contribution in [2.75, 3.05) is 0 Å². The number of hydrogen-bond acceptors (Lipinski definition) is 2. The van der Waals surface area contributed by atoms with E-state index in [9.17, 15) is 4.39 Å². The van der Waals surface area contributed by atoms with Gasteiger partial charge in [0.25, 0.3) is 0 Å². The van der Waals surface area contributed by atoms with E-state index in [0.29, 0.717) is 5.56 Å². The van der Waals surface area contributed by atoms with E-state index in [1.54, 1.807) is 6.07 Å². The predicted molar refractivity (Wildman–Crippen MR) is 59.1 cm³/mol. The van der Waals surface area contributed by atoms with E-state index in [2.05, 4.69) is 21.4 Å². The molecule has 1 atom stereocenters. The van der Waals surface area contributed by atoms with E-state index < -0.39 is 0 Å². The minimum absolute atomic E-state index is 0.104. The summed E-state index contributed by atoms with van der Waals surface area (Å²) in [6.45, 7) is 2.04. The van der Waals surface area contributed by atoms with Crippen LogP contribution >= 0.6 is 15.9 Å². The molecule has 2 nitrogen and oxygen atoms in total. The van der Waals surface area contributed by atoms with E-state index in [1.165, 1.54) is 6.07 Å². The third-order valence-corrected chi connectivity index (χ3v) is 2.61. The number of nitrogens with two attached hydrogens (primary N) is 1. The van der Waals surface area contributed by atoms with Gasteiger partial charge < -0.3 is 0 Å². The Hall–Kier alpha value is -0.450. The standard InChI is InChI=1S/C10H14BrFN2/c1-2-3-10(14-13)8-5-4-7(11)6-9(8)12/h4-6,10,14H,2-3,13H2,1H3. The van der Waals surface area contributed by atoms with E-state index in [-0.39, 0.29) is 11.9 Å². The molecule has 0 aliphatic rings. The van der Waals surface area contributed by atoms with Gasteiger partial charge in [0, 0.05) is 16.1 Å². The lowest BCUT2D eigenvalue weighted by molar-refractivity contribution is 0.480. The van der Waals surface area contributed by atoms with Crippen LogP contribution < -0.4 is 11.3 Å². The van der Waals surface area contributed by atoms with E-state index in [0.717, 1.165) is 17.3 Å². The molecule has 0 aliphatic heterocycles. The predicted octanol–water partition coefficient (Wildman–Crippen LogP) is 2.89.